The van der Waals surface area contributed by atoms with E-state index < -0.39 is 18.1 Å². The molecule has 8 heteroatoms. The molecule has 0 aliphatic heterocycles. The molecule has 0 saturated heterocycles. The summed E-state index contributed by atoms with van der Waals surface area (Å²) in [6.45, 7) is 4.53. The predicted molar refractivity (Wildman–Crippen MR) is 229 cm³/mol. The number of allylic oxidation sites excluding steroid dienone is 12. The third-order valence-corrected chi connectivity index (χ3v) is 9.12. The van der Waals surface area contributed by atoms with Crippen LogP contribution in [0.1, 0.15) is 155 Å². The number of rotatable bonds is 37. The first kappa shape index (κ1) is 51.8. The van der Waals surface area contributed by atoms with E-state index in [1.807, 2.05) is 21.1 Å². The summed E-state index contributed by atoms with van der Waals surface area (Å²) in [5.74, 6) is -1.53. The van der Waals surface area contributed by atoms with Gasteiger partial charge in [0.2, 0.25) is 0 Å². The maximum atomic E-state index is 12.7. The topological polar surface area (TPSA) is 99.1 Å². The van der Waals surface area contributed by atoms with Gasteiger partial charge in [0.15, 0.2) is 12.1 Å². The summed E-state index contributed by atoms with van der Waals surface area (Å²) in [4.78, 5) is 36.9. The molecule has 314 valence electrons. The van der Waals surface area contributed by atoms with Crippen molar-refractivity contribution in [2.24, 2.45) is 0 Å². The Balaban J connectivity index is 4.46. The van der Waals surface area contributed by atoms with Crippen LogP contribution in [0.2, 0.25) is 0 Å². The zero-order valence-electron chi connectivity index (χ0n) is 35.6. The van der Waals surface area contributed by atoms with Gasteiger partial charge in [-0.05, 0) is 77.0 Å². The highest BCUT2D eigenvalue weighted by Gasteiger charge is 2.31. The van der Waals surface area contributed by atoms with Crippen molar-refractivity contribution in [1.29, 1.82) is 0 Å². The van der Waals surface area contributed by atoms with Gasteiger partial charge in [0.05, 0.1) is 34.4 Å². The second-order valence-electron chi connectivity index (χ2n) is 15.2. The number of carboxylic acid groups (broad SMARTS) is 1. The van der Waals surface area contributed by atoms with E-state index in [9.17, 15) is 19.5 Å². The van der Waals surface area contributed by atoms with Crippen LogP contribution in [0.25, 0.3) is 0 Å². The Bertz CT molecular complexity index is 1130. The van der Waals surface area contributed by atoms with Crippen LogP contribution in [0.4, 0.5) is 0 Å². The Morgan fingerprint density at radius 1 is 0.582 bits per heavy atom. The summed E-state index contributed by atoms with van der Waals surface area (Å²) in [6.07, 6.45) is 46.5. The van der Waals surface area contributed by atoms with Crippen LogP contribution >= 0.6 is 0 Å². The summed E-state index contributed by atoms with van der Waals surface area (Å²) >= 11 is 0. The Hall–Kier alpha value is -3.23. The molecule has 0 amide bonds. The fourth-order valence-electron chi connectivity index (χ4n) is 5.78. The lowest BCUT2D eigenvalue weighted by atomic mass is 10.1. The van der Waals surface area contributed by atoms with Gasteiger partial charge in [-0.25, -0.2) is 4.79 Å². The first-order valence-electron chi connectivity index (χ1n) is 21.5. The van der Waals surface area contributed by atoms with Gasteiger partial charge >= 0.3 is 17.9 Å². The van der Waals surface area contributed by atoms with Gasteiger partial charge in [-0.3, -0.25) is 9.59 Å². The van der Waals surface area contributed by atoms with Crippen LogP contribution in [0.15, 0.2) is 72.9 Å². The Morgan fingerprint density at radius 2 is 1.07 bits per heavy atom. The number of carbonyl (C=O) groups is 3. The third kappa shape index (κ3) is 36.2. The lowest BCUT2D eigenvalue weighted by Crippen LogP contribution is -2.50. The van der Waals surface area contributed by atoms with E-state index in [0.717, 1.165) is 89.9 Å². The number of nitrogens with zero attached hydrogens (tertiary/aromatic N) is 1. The van der Waals surface area contributed by atoms with Gasteiger partial charge < -0.3 is 23.8 Å². The van der Waals surface area contributed by atoms with Crippen molar-refractivity contribution < 1.29 is 38.2 Å². The van der Waals surface area contributed by atoms with Gasteiger partial charge in [0, 0.05) is 19.3 Å². The number of quaternary nitrogens is 1. The van der Waals surface area contributed by atoms with Crippen molar-refractivity contribution >= 4 is 17.9 Å². The third-order valence-electron chi connectivity index (χ3n) is 9.12. The average Bonchev–Trinajstić information content (AvgIpc) is 3.14. The van der Waals surface area contributed by atoms with Crippen molar-refractivity contribution in [1.82, 2.24) is 0 Å². The van der Waals surface area contributed by atoms with Gasteiger partial charge in [-0.1, -0.05) is 132 Å². The molecule has 0 aliphatic carbocycles. The molecule has 0 aromatic carbocycles. The molecule has 8 nitrogen and oxygen atoms in total. The first-order valence-corrected chi connectivity index (χ1v) is 21.5. The summed E-state index contributed by atoms with van der Waals surface area (Å²) < 4.78 is 17.2. The highest BCUT2D eigenvalue weighted by atomic mass is 16.6. The number of carbonyl (C=O) groups excluding carboxylic acids is 2. The maximum absolute atomic E-state index is 12.7. The quantitative estimate of drug-likeness (QED) is 0.0221. The van der Waals surface area contributed by atoms with E-state index in [1.54, 1.807) is 0 Å². The molecule has 0 bridgehead atoms. The number of esters is 2. The minimum absolute atomic E-state index is 0.0404. The molecule has 0 spiro atoms. The van der Waals surface area contributed by atoms with Crippen LogP contribution in [-0.4, -0.2) is 80.6 Å². The highest BCUT2D eigenvalue weighted by Crippen LogP contribution is 2.12. The zero-order chi connectivity index (χ0) is 40.7. The summed E-state index contributed by atoms with van der Waals surface area (Å²) in [5, 5.41) is 9.61. The van der Waals surface area contributed by atoms with E-state index in [4.69, 9.17) is 14.2 Å². The zero-order valence-corrected chi connectivity index (χ0v) is 35.6. The molecule has 0 radical (unpaired) electrons. The molecule has 0 aliphatic rings. The van der Waals surface area contributed by atoms with Crippen molar-refractivity contribution in [2.75, 3.05) is 41.0 Å². The fraction of sp³-hybridized carbons (Fsp3) is 0.681. The van der Waals surface area contributed by atoms with Crippen molar-refractivity contribution in [2.45, 2.75) is 167 Å². The lowest BCUT2D eigenvalue weighted by Gasteiger charge is -2.31. The molecular weight excluding hydrogens is 691 g/mol. The van der Waals surface area contributed by atoms with E-state index >= 15 is 0 Å². The molecule has 0 heterocycles. The second kappa shape index (κ2) is 37.7. The molecule has 2 unspecified atom stereocenters. The summed E-state index contributed by atoms with van der Waals surface area (Å²) in [6, 6.07) is -0.625. The summed E-state index contributed by atoms with van der Waals surface area (Å²) in [7, 11) is 5.50. The molecule has 0 rings (SSSR count). The second-order valence-corrected chi connectivity index (χ2v) is 15.2. The molecule has 0 aromatic rings. The smallest absolute Gasteiger partial charge is 0.362 e. The van der Waals surface area contributed by atoms with E-state index in [0.29, 0.717) is 12.8 Å². The Labute approximate surface area is 336 Å². The standard InChI is InChI=1S/C47H79NO7/c1-6-8-10-12-14-16-18-20-22-24-26-28-30-32-34-36-38-46(50)55-43(41-53-40-39-44(47(51)52)48(3,4)5)42-54-45(49)37-35-33-31-29-27-25-23-21-19-17-15-13-11-9-7-2/h8,10,14-17,19-22,26,28,43-44H,6-7,9,11-13,18,23-25,27,29-42H2,1-5H3/p+1/b10-8+,16-14+,17-15+,21-19+,22-20+,28-26+. The lowest BCUT2D eigenvalue weighted by molar-refractivity contribution is -0.887. The van der Waals surface area contributed by atoms with Crippen LogP contribution in [-0.2, 0) is 28.6 Å². The van der Waals surface area contributed by atoms with Gasteiger partial charge in [-0.15, -0.1) is 0 Å². The minimum Gasteiger partial charge on any atom is -0.477 e. The van der Waals surface area contributed by atoms with Crippen molar-refractivity contribution in [3.8, 4) is 0 Å². The molecule has 0 fully saturated rings. The number of hydrogen-bond donors (Lipinski definition) is 1. The SMILES string of the molecule is CC/C=C/C/C=C/C/C=C/C/C=C/CCCCCC(=O)OC(COCCC(C(=O)O)[N+](C)(C)C)COC(=O)CCCCCCCC/C=C/C=C/CCCCC. The predicted octanol–water partition coefficient (Wildman–Crippen LogP) is 11.6. The van der Waals surface area contributed by atoms with Crippen molar-refractivity contribution in [3.05, 3.63) is 72.9 Å². The van der Waals surface area contributed by atoms with Gasteiger partial charge in [0.1, 0.15) is 6.61 Å². The van der Waals surface area contributed by atoms with Crippen molar-refractivity contribution in [3.63, 3.8) is 0 Å². The number of carboxylic acids is 1. The molecule has 2 atom stereocenters. The maximum Gasteiger partial charge on any atom is 0.362 e. The van der Waals surface area contributed by atoms with E-state index in [1.165, 1.54) is 32.1 Å². The van der Waals surface area contributed by atoms with Crippen LogP contribution < -0.4 is 0 Å². The van der Waals surface area contributed by atoms with E-state index in [-0.39, 0.29) is 42.7 Å². The highest BCUT2D eigenvalue weighted by molar-refractivity contribution is 5.72. The number of unbranched alkanes of at least 4 members (excludes halogenated alkanes) is 12. The van der Waals surface area contributed by atoms with Crippen LogP contribution in [0.5, 0.6) is 0 Å². The molecular formula is C47H80NO7+. The number of aliphatic carboxylic acids is 1. The Kier molecular flexibility index (Phi) is 35.5. The largest absolute Gasteiger partial charge is 0.477 e. The normalized spacial score (nSPS) is 13.7. The average molecular weight is 771 g/mol. The molecule has 0 aromatic heterocycles. The van der Waals surface area contributed by atoms with Gasteiger partial charge in [-0.2, -0.15) is 0 Å². The fourth-order valence-corrected chi connectivity index (χ4v) is 5.78. The van der Waals surface area contributed by atoms with E-state index in [2.05, 4.69) is 86.8 Å². The van der Waals surface area contributed by atoms with Crippen LogP contribution in [0, 0.1) is 0 Å². The molecule has 0 saturated carbocycles. The first-order chi connectivity index (χ1) is 26.6. The summed E-state index contributed by atoms with van der Waals surface area (Å²) in [5.41, 5.74) is 0. The monoisotopic (exact) mass is 771 g/mol. The Morgan fingerprint density at radius 3 is 1.64 bits per heavy atom. The van der Waals surface area contributed by atoms with Gasteiger partial charge in [0.25, 0.3) is 0 Å². The molecule has 1 N–H and O–H groups in total. The number of hydrogen-bond acceptors (Lipinski definition) is 6. The number of likely N-dealkylation sites (N-methyl/N-ethyl adjacent to an activating group) is 1. The minimum atomic E-state index is -0.886. The molecule has 55 heavy (non-hydrogen) atoms. The number of ether oxygens (including phenoxy) is 3. The van der Waals surface area contributed by atoms with Crippen LogP contribution in [0.3, 0.4) is 0 Å².